The minimum atomic E-state index is -3.93. The summed E-state index contributed by atoms with van der Waals surface area (Å²) in [4.78, 5) is 25.7. The number of hydrogen-bond acceptors (Lipinski definition) is 7. The van der Waals surface area contributed by atoms with Crippen LogP contribution in [0.1, 0.15) is 18.1 Å². The van der Waals surface area contributed by atoms with E-state index in [0.29, 0.717) is 11.3 Å². The van der Waals surface area contributed by atoms with Crippen molar-refractivity contribution in [2.45, 2.75) is 36.0 Å². The van der Waals surface area contributed by atoms with E-state index in [1.165, 1.54) is 46.5 Å². The lowest BCUT2D eigenvalue weighted by Crippen LogP contribution is -2.64. The first-order valence-corrected chi connectivity index (χ1v) is 14.1. The predicted molar refractivity (Wildman–Crippen MR) is 146 cm³/mol. The van der Waals surface area contributed by atoms with E-state index in [4.69, 9.17) is 15.2 Å². The fourth-order valence-corrected chi connectivity index (χ4v) is 6.10. The van der Waals surface area contributed by atoms with Gasteiger partial charge in [0.25, 0.3) is 5.91 Å². The van der Waals surface area contributed by atoms with Gasteiger partial charge in [-0.1, -0.05) is 48.5 Å². The van der Waals surface area contributed by atoms with Gasteiger partial charge in [0.15, 0.2) is 11.7 Å². The van der Waals surface area contributed by atoms with E-state index in [9.17, 15) is 22.4 Å². The smallest absolute Gasteiger partial charge is 0.324 e. The predicted octanol–water partition coefficient (Wildman–Crippen LogP) is 2.69. The highest BCUT2D eigenvalue weighted by molar-refractivity contribution is 7.89. The lowest BCUT2D eigenvalue weighted by Gasteiger charge is -2.48. The van der Waals surface area contributed by atoms with Crippen LogP contribution in [0, 0.1) is 5.82 Å². The van der Waals surface area contributed by atoms with Crippen LogP contribution in [-0.4, -0.2) is 68.8 Å². The maximum Gasteiger partial charge on any atom is 0.324 e. The Kier molecular flexibility index (Phi) is 8.57. The standard InChI is InChI=1S/C29H32FN3O6S/c1-20(27(34)32(2)3)38-28(35)26(31)16-21-9-7-14-25(15-21)40(36,37)33-18-29(19-33,22-10-5-4-6-11-22)39-24-13-8-12-23(30)17-24/h4-15,17,20,26H,16,18-19,31H2,1-3H3/t20-,26-/m0/s1. The van der Waals surface area contributed by atoms with Crippen molar-refractivity contribution >= 4 is 21.9 Å². The molecule has 1 fully saturated rings. The summed E-state index contributed by atoms with van der Waals surface area (Å²) in [5.74, 6) is -1.30. The summed E-state index contributed by atoms with van der Waals surface area (Å²) in [6.45, 7) is 1.49. The molecule has 0 saturated carbocycles. The van der Waals surface area contributed by atoms with Gasteiger partial charge in [0, 0.05) is 20.2 Å². The molecule has 40 heavy (non-hydrogen) atoms. The number of sulfonamides is 1. The molecule has 0 radical (unpaired) electrons. The minimum Gasteiger partial charge on any atom is -0.480 e. The van der Waals surface area contributed by atoms with Crippen LogP contribution in [0.4, 0.5) is 4.39 Å². The van der Waals surface area contributed by atoms with Crippen LogP contribution < -0.4 is 10.5 Å². The molecule has 3 aromatic carbocycles. The molecule has 1 aliphatic heterocycles. The SMILES string of the molecule is C[C@H](OC(=O)[C@@H](N)Cc1cccc(S(=O)(=O)N2CC(Oc3cccc(F)c3)(c3ccccc3)C2)c1)C(=O)N(C)C. The molecule has 212 valence electrons. The van der Waals surface area contributed by atoms with E-state index in [2.05, 4.69) is 0 Å². The third-order valence-electron chi connectivity index (χ3n) is 6.65. The Bertz CT molecular complexity index is 1480. The van der Waals surface area contributed by atoms with Gasteiger partial charge >= 0.3 is 5.97 Å². The zero-order valence-corrected chi connectivity index (χ0v) is 23.3. The van der Waals surface area contributed by atoms with Crippen molar-refractivity contribution in [2.75, 3.05) is 27.2 Å². The highest BCUT2D eigenvalue weighted by Gasteiger charge is 2.52. The molecule has 1 aliphatic rings. The highest BCUT2D eigenvalue weighted by Crippen LogP contribution is 2.40. The number of carbonyl (C=O) groups excluding carboxylic acids is 2. The van der Waals surface area contributed by atoms with E-state index in [-0.39, 0.29) is 30.3 Å². The molecule has 0 unspecified atom stereocenters. The molecule has 11 heteroatoms. The number of rotatable bonds is 10. The molecule has 1 saturated heterocycles. The third kappa shape index (κ3) is 6.33. The van der Waals surface area contributed by atoms with E-state index in [0.717, 1.165) is 5.56 Å². The molecule has 1 heterocycles. The first-order valence-electron chi connectivity index (χ1n) is 12.7. The summed E-state index contributed by atoms with van der Waals surface area (Å²) in [5.41, 5.74) is 6.30. The van der Waals surface area contributed by atoms with Gasteiger partial charge in [-0.25, -0.2) is 12.8 Å². The quantitative estimate of drug-likeness (QED) is 0.373. The summed E-state index contributed by atoms with van der Waals surface area (Å²) in [7, 11) is -0.828. The molecule has 4 rings (SSSR count). The van der Waals surface area contributed by atoms with Crippen LogP contribution in [0.5, 0.6) is 5.75 Å². The van der Waals surface area contributed by atoms with Crippen molar-refractivity contribution in [2.24, 2.45) is 5.73 Å². The zero-order chi connectivity index (χ0) is 29.1. The van der Waals surface area contributed by atoms with Crippen molar-refractivity contribution in [3.63, 3.8) is 0 Å². The summed E-state index contributed by atoms with van der Waals surface area (Å²) in [6.07, 6.45) is -0.979. The summed E-state index contributed by atoms with van der Waals surface area (Å²) >= 11 is 0. The molecule has 2 N–H and O–H groups in total. The lowest BCUT2D eigenvalue weighted by molar-refractivity contribution is -0.159. The number of nitrogens with zero attached hydrogens (tertiary/aromatic N) is 2. The largest absolute Gasteiger partial charge is 0.480 e. The van der Waals surface area contributed by atoms with Crippen LogP contribution >= 0.6 is 0 Å². The normalized spacial score (nSPS) is 16.3. The molecule has 2 atom stereocenters. The Morgan fingerprint density at radius 3 is 2.35 bits per heavy atom. The Labute approximate surface area is 233 Å². The topological polar surface area (TPSA) is 119 Å². The second-order valence-corrected chi connectivity index (χ2v) is 11.9. The Morgan fingerprint density at radius 2 is 1.70 bits per heavy atom. The molecule has 3 aromatic rings. The van der Waals surface area contributed by atoms with Gasteiger partial charge in [0.2, 0.25) is 10.0 Å². The highest BCUT2D eigenvalue weighted by atomic mass is 32.2. The molecule has 0 bridgehead atoms. The van der Waals surface area contributed by atoms with Gasteiger partial charge in [-0.15, -0.1) is 0 Å². The average Bonchev–Trinajstić information content (AvgIpc) is 2.90. The van der Waals surface area contributed by atoms with E-state index < -0.39 is 39.6 Å². The van der Waals surface area contributed by atoms with Gasteiger partial charge in [0.1, 0.15) is 17.6 Å². The monoisotopic (exact) mass is 569 g/mol. The Balaban J connectivity index is 1.48. The van der Waals surface area contributed by atoms with Gasteiger partial charge in [-0.3, -0.25) is 9.59 Å². The van der Waals surface area contributed by atoms with Crippen molar-refractivity contribution in [1.29, 1.82) is 0 Å². The molecule has 9 nitrogen and oxygen atoms in total. The van der Waals surface area contributed by atoms with Crippen LogP contribution in [0.15, 0.2) is 83.8 Å². The van der Waals surface area contributed by atoms with Gasteiger partial charge in [0.05, 0.1) is 18.0 Å². The number of benzene rings is 3. The van der Waals surface area contributed by atoms with Crippen LogP contribution in [0.3, 0.4) is 0 Å². The van der Waals surface area contributed by atoms with Crippen molar-refractivity contribution in [1.82, 2.24) is 9.21 Å². The number of ether oxygens (including phenoxy) is 2. The Morgan fingerprint density at radius 1 is 1.02 bits per heavy atom. The number of nitrogens with two attached hydrogens (primary N) is 1. The number of likely N-dealkylation sites (N-methyl/N-ethyl adjacent to an activating group) is 1. The number of carbonyl (C=O) groups is 2. The molecule has 1 amide bonds. The molecule has 0 spiro atoms. The lowest BCUT2D eigenvalue weighted by atomic mass is 9.87. The van der Waals surface area contributed by atoms with E-state index in [1.54, 1.807) is 32.3 Å². The second kappa shape index (κ2) is 11.7. The fraction of sp³-hybridized carbons (Fsp3) is 0.310. The number of hydrogen-bond donors (Lipinski definition) is 1. The number of esters is 1. The second-order valence-electron chi connectivity index (χ2n) is 9.96. The fourth-order valence-electron chi connectivity index (χ4n) is 4.49. The van der Waals surface area contributed by atoms with Crippen LogP contribution in [-0.2, 0) is 36.4 Å². The maximum atomic E-state index is 13.8. The van der Waals surface area contributed by atoms with Crippen LogP contribution in [0.2, 0.25) is 0 Å². The maximum absolute atomic E-state index is 13.8. The molecule has 0 aliphatic carbocycles. The Hall–Kier alpha value is -3.80. The number of halogens is 1. The summed E-state index contributed by atoms with van der Waals surface area (Å²) < 4.78 is 53.6. The van der Waals surface area contributed by atoms with E-state index >= 15 is 0 Å². The van der Waals surface area contributed by atoms with E-state index in [1.807, 2.05) is 30.3 Å². The van der Waals surface area contributed by atoms with Gasteiger partial charge in [-0.05, 0) is 48.7 Å². The number of amides is 1. The first-order chi connectivity index (χ1) is 18.9. The van der Waals surface area contributed by atoms with Crippen molar-refractivity contribution < 1.29 is 31.9 Å². The van der Waals surface area contributed by atoms with Crippen molar-refractivity contribution in [3.05, 3.63) is 95.8 Å². The molecule has 0 aromatic heterocycles. The van der Waals surface area contributed by atoms with Crippen LogP contribution in [0.25, 0.3) is 0 Å². The third-order valence-corrected chi connectivity index (χ3v) is 8.44. The minimum absolute atomic E-state index is 0.0156. The van der Waals surface area contributed by atoms with Gasteiger partial charge < -0.3 is 20.1 Å². The molecular formula is C29H32FN3O6S. The summed E-state index contributed by atoms with van der Waals surface area (Å²) in [6, 6.07) is 20.0. The molecular weight excluding hydrogens is 537 g/mol. The zero-order valence-electron chi connectivity index (χ0n) is 22.5. The van der Waals surface area contributed by atoms with Crippen molar-refractivity contribution in [3.8, 4) is 5.75 Å². The van der Waals surface area contributed by atoms with Gasteiger partial charge in [-0.2, -0.15) is 4.31 Å². The first kappa shape index (κ1) is 29.2. The average molecular weight is 570 g/mol. The summed E-state index contributed by atoms with van der Waals surface area (Å²) in [5, 5.41) is 0.